The fraction of sp³-hybridized carbons (Fsp3) is 0.600. The van der Waals surface area contributed by atoms with Gasteiger partial charge in [-0.25, -0.2) is 4.98 Å². The molecule has 0 aliphatic heterocycles. The van der Waals surface area contributed by atoms with Crippen LogP contribution in [0, 0.1) is 0 Å². The van der Waals surface area contributed by atoms with Crippen LogP contribution < -0.4 is 10.6 Å². The molecule has 1 rings (SSSR count). The lowest BCUT2D eigenvalue weighted by Crippen LogP contribution is -2.29. The molecule has 1 unspecified atom stereocenters. The molecule has 6 nitrogen and oxygen atoms in total. The molecule has 0 radical (unpaired) electrons. The largest absolute Gasteiger partial charge is 0.433 e. The minimum atomic E-state index is -4.57. The Morgan fingerprint density at radius 1 is 1.42 bits per heavy atom. The van der Waals surface area contributed by atoms with Gasteiger partial charge in [0.2, 0.25) is 5.95 Å². The van der Waals surface area contributed by atoms with E-state index < -0.39 is 17.9 Å². The fourth-order valence-electron chi connectivity index (χ4n) is 1.33. The number of aliphatic hydroxyl groups excluding tert-OH is 1. The number of nitrogens with zero attached hydrogens (tertiary/aromatic N) is 2. The minimum Gasteiger partial charge on any atom is -0.394 e. The molecule has 19 heavy (non-hydrogen) atoms. The Hall–Kier alpha value is -1.61. The number of anilines is 2. The van der Waals surface area contributed by atoms with E-state index in [-0.39, 0.29) is 25.0 Å². The summed E-state index contributed by atoms with van der Waals surface area (Å²) in [5.74, 6) is -0.200. The smallest absolute Gasteiger partial charge is 0.394 e. The van der Waals surface area contributed by atoms with Crippen LogP contribution >= 0.6 is 0 Å². The van der Waals surface area contributed by atoms with Gasteiger partial charge in [-0.15, -0.1) is 0 Å². The molecule has 0 aliphatic rings. The maximum Gasteiger partial charge on any atom is 0.433 e. The first-order chi connectivity index (χ1) is 8.90. The van der Waals surface area contributed by atoms with Gasteiger partial charge in [0.25, 0.3) is 0 Å². The molecule has 0 aliphatic carbocycles. The molecular formula is C10H15F3N4O2. The Kier molecular flexibility index (Phi) is 5.31. The molecule has 0 saturated carbocycles. The summed E-state index contributed by atoms with van der Waals surface area (Å²) in [7, 11) is 2.84. The molecule has 1 aromatic heterocycles. The third-order valence-electron chi connectivity index (χ3n) is 2.18. The molecule has 108 valence electrons. The molecule has 0 saturated heterocycles. The van der Waals surface area contributed by atoms with Crippen molar-refractivity contribution in [3.63, 3.8) is 0 Å². The maximum absolute atomic E-state index is 12.6. The standard InChI is InChI=1S/C10H15F3N4O2/c1-14-9-16-7(10(11,12)13)3-8(17-9)15-6(4-18)5-19-2/h3,6,18H,4-5H2,1-2H3,(H2,14,15,16,17). The lowest BCUT2D eigenvalue weighted by molar-refractivity contribution is -0.141. The number of nitrogens with one attached hydrogen (secondary N) is 2. The molecule has 1 aromatic rings. The normalized spacial score (nSPS) is 13.2. The van der Waals surface area contributed by atoms with E-state index in [0.717, 1.165) is 6.07 Å². The number of hydrogen-bond donors (Lipinski definition) is 3. The van der Waals surface area contributed by atoms with Crippen molar-refractivity contribution < 1.29 is 23.0 Å². The predicted molar refractivity (Wildman–Crippen MR) is 63.0 cm³/mol. The van der Waals surface area contributed by atoms with Crippen LogP contribution in [-0.4, -0.2) is 48.5 Å². The number of methoxy groups -OCH3 is 1. The first-order valence-corrected chi connectivity index (χ1v) is 5.41. The summed E-state index contributed by atoms with van der Waals surface area (Å²) < 4.78 is 42.7. The van der Waals surface area contributed by atoms with Gasteiger partial charge >= 0.3 is 6.18 Å². The number of halogens is 3. The monoisotopic (exact) mass is 280 g/mol. The van der Waals surface area contributed by atoms with Crippen LogP contribution in [0.1, 0.15) is 5.69 Å². The van der Waals surface area contributed by atoms with E-state index in [4.69, 9.17) is 9.84 Å². The van der Waals surface area contributed by atoms with Crippen LogP contribution in [0.15, 0.2) is 6.07 Å². The van der Waals surface area contributed by atoms with Gasteiger partial charge in [-0.05, 0) is 0 Å². The van der Waals surface area contributed by atoms with Gasteiger partial charge in [-0.2, -0.15) is 18.2 Å². The highest BCUT2D eigenvalue weighted by atomic mass is 19.4. The lowest BCUT2D eigenvalue weighted by Gasteiger charge is -2.17. The average Bonchev–Trinajstić information content (AvgIpc) is 2.36. The molecule has 0 fully saturated rings. The Balaban J connectivity index is 3.00. The molecule has 3 N–H and O–H groups in total. The lowest BCUT2D eigenvalue weighted by atomic mass is 10.3. The summed E-state index contributed by atoms with van der Waals surface area (Å²) in [5.41, 5.74) is -1.07. The van der Waals surface area contributed by atoms with Crippen molar-refractivity contribution in [2.45, 2.75) is 12.2 Å². The molecule has 9 heteroatoms. The Morgan fingerprint density at radius 2 is 2.11 bits per heavy atom. The first kappa shape index (κ1) is 15.4. The van der Waals surface area contributed by atoms with E-state index in [1.165, 1.54) is 14.2 Å². The number of rotatable bonds is 6. The van der Waals surface area contributed by atoms with Crippen molar-refractivity contribution in [1.82, 2.24) is 9.97 Å². The van der Waals surface area contributed by atoms with Crippen molar-refractivity contribution in [3.8, 4) is 0 Å². The van der Waals surface area contributed by atoms with Crippen LogP contribution in [0.3, 0.4) is 0 Å². The number of aliphatic hydroxyl groups is 1. The zero-order valence-electron chi connectivity index (χ0n) is 10.5. The second-order valence-electron chi connectivity index (χ2n) is 3.69. The third kappa shape index (κ3) is 4.52. The van der Waals surface area contributed by atoms with Crippen LogP contribution in [0.25, 0.3) is 0 Å². The number of ether oxygens (including phenoxy) is 1. The van der Waals surface area contributed by atoms with Gasteiger partial charge < -0.3 is 20.5 Å². The van der Waals surface area contributed by atoms with Crippen molar-refractivity contribution >= 4 is 11.8 Å². The zero-order chi connectivity index (χ0) is 14.5. The number of alkyl halides is 3. The maximum atomic E-state index is 12.6. The Bertz CT molecular complexity index is 414. The summed E-state index contributed by atoms with van der Waals surface area (Å²) in [6, 6.07) is 0.227. The van der Waals surface area contributed by atoms with E-state index in [2.05, 4.69) is 20.6 Å². The number of hydrogen-bond acceptors (Lipinski definition) is 6. The molecule has 0 aromatic carbocycles. The van der Waals surface area contributed by atoms with Crippen LogP contribution in [0.5, 0.6) is 0 Å². The van der Waals surface area contributed by atoms with Gasteiger partial charge in [0.05, 0.1) is 19.3 Å². The second-order valence-corrected chi connectivity index (χ2v) is 3.69. The van der Waals surface area contributed by atoms with Gasteiger partial charge in [-0.1, -0.05) is 0 Å². The quantitative estimate of drug-likeness (QED) is 0.720. The van der Waals surface area contributed by atoms with E-state index in [1.54, 1.807) is 0 Å². The zero-order valence-corrected chi connectivity index (χ0v) is 10.5. The minimum absolute atomic E-state index is 0.0391. The van der Waals surface area contributed by atoms with Crippen molar-refractivity contribution in [2.75, 3.05) is 38.0 Å². The summed E-state index contributed by atoms with van der Waals surface area (Å²) >= 11 is 0. The second kappa shape index (κ2) is 6.53. The summed E-state index contributed by atoms with van der Waals surface area (Å²) in [4.78, 5) is 7.16. The van der Waals surface area contributed by atoms with Crippen molar-refractivity contribution in [2.24, 2.45) is 0 Å². The summed E-state index contributed by atoms with van der Waals surface area (Å²) in [6.07, 6.45) is -4.57. The first-order valence-electron chi connectivity index (χ1n) is 5.41. The molecule has 1 atom stereocenters. The van der Waals surface area contributed by atoms with Gasteiger partial charge in [0.15, 0.2) is 5.69 Å². The third-order valence-corrected chi connectivity index (χ3v) is 2.18. The molecule has 0 spiro atoms. The van der Waals surface area contributed by atoms with E-state index in [1.807, 2.05) is 0 Å². The van der Waals surface area contributed by atoms with E-state index in [0.29, 0.717) is 0 Å². The van der Waals surface area contributed by atoms with Crippen LogP contribution in [0.4, 0.5) is 24.9 Å². The predicted octanol–water partition coefficient (Wildman–Crippen LogP) is 0.956. The highest BCUT2D eigenvalue weighted by molar-refractivity contribution is 5.43. The topological polar surface area (TPSA) is 79.3 Å². The van der Waals surface area contributed by atoms with Gasteiger partial charge in [-0.3, -0.25) is 0 Å². The summed E-state index contributed by atoms with van der Waals surface area (Å²) in [5, 5.41) is 14.1. The van der Waals surface area contributed by atoms with Crippen LogP contribution in [-0.2, 0) is 10.9 Å². The Morgan fingerprint density at radius 3 is 2.58 bits per heavy atom. The van der Waals surface area contributed by atoms with Gasteiger partial charge in [0.1, 0.15) is 5.82 Å². The highest BCUT2D eigenvalue weighted by Gasteiger charge is 2.33. The molecular weight excluding hydrogens is 265 g/mol. The van der Waals surface area contributed by atoms with Crippen molar-refractivity contribution in [3.05, 3.63) is 11.8 Å². The SMILES string of the molecule is CNc1nc(NC(CO)COC)cc(C(F)(F)F)n1. The highest BCUT2D eigenvalue weighted by Crippen LogP contribution is 2.29. The molecule has 0 amide bonds. The molecule has 1 heterocycles. The number of aromatic nitrogens is 2. The average molecular weight is 280 g/mol. The van der Waals surface area contributed by atoms with Crippen molar-refractivity contribution in [1.29, 1.82) is 0 Å². The van der Waals surface area contributed by atoms with Gasteiger partial charge in [0, 0.05) is 20.2 Å². The summed E-state index contributed by atoms with van der Waals surface area (Å²) in [6.45, 7) is -0.162. The van der Waals surface area contributed by atoms with E-state index >= 15 is 0 Å². The fourth-order valence-corrected chi connectivity index (χ4v) is 1.33. The van der Waals surface area contributed by atoms with E-state index in [9.17, 15) is 13.2 Å². The molecule has 0 bridgehead atoms. The van der Waals surface area contributed by atoms with Crippen LogP contribution in [0.2, 0.25) is 0 Å². The Labute approximate surface area is 108 Å².